The van der Waals surface area contributed by atoms with E-state index in [4.69, 9.17) is 4.74 Å². The van der Waals surface area contributed by atoms with Crippen LogP contribution in [0.15, 0.2) is 60.7 Å². The molecule has 0 amide bonds. The van der Waals surface area contributed by atoms with Crippen molar-refractivity contribution in [3.8, 4) is 0 Å². The normalized spacial score (nSPS) is 19.5. The highest BCUT2D eigenvalue weighted by Gasteiger charge is 2.30. The Balaban J connectivity index is 1.97. The lowest BCUT2D eigenvalue weighted by molar-refractivity contribution is 0.0543. The maximum Gasteiger partial charge on any atom is 0.0630 e. The minimum Gasteiger partial charge on any atom is -0.383 e. The van der Waals surface area contributed by atoms with Gasteiger partial charge in [0.2, 0.25) is 0 Å². The van der Waals surface area contributed by atoms with Crippen LogP contribution in [0.3, 0.4) is 0 Å². The monoisotopic (exact) mass is 296 g/mol. The zero-order valence-corrected chi connectivity index (χ0v) is 13.1. The summed E-state index contributed by atoms with van der Waals surface area (Å²) in [5.74, 6) is 0. The first-order valence-electron chi connectivity index (χ1n) is 7.95. The van der Waals surface area contributed by atoms with Gasteiger partial charge in [-0.25, -0.2) is 0 Å². The first-order valence-corrected chi connectivity index (χ1v) is 7.95. The van der Waals surface area contributed by atoms with E-state index in [1.54, 1.807) is 7.11 Å². The zero-order valence-electron chi connectivity index (χ0n) is 13.1. The van der Waals surface area contributed by atoms with Gasteiger partial charge in [0, 0.05) is 32.8 Å². The van der Waals surface area contributed by atoms with Gasteiger partial charge in [-0.05, 0) is 11.1 Å². The van der Waals surface area contributed by atoms with Crippen LogP contribution in [0, 0.1) is 0 Å². The largest absolute Gasteiger partial charge is 0.383 e. The van der Waals surface area contributed by atoms with E-state index in [9.17, 15) is 0 Å². The molecule has 0 saturated carbocycles. The molecule has 1 aliphatic heterocycles. The molecule has 2 aromatic carbocycles. The molecule has 0 bridgehead atoms. The lowest BCUT2D eigenvalue weighted by atomic mass is 9.95. The summed E-state index contributed by atoms with van der Waals surface area (Å²) in [6.45, 7) is 3.78. The quantitative estimate of drug-likeness (QED) is 0.918. The maximum atomic E-state index is 5.45. The molecule has 3 nitrogen and oxygen atoms in total. The summed E-state index contributed by atoms with van der Waals surface area (Å²) in [5, 5.41) is 3.49. The van der Waals surface area contributed by atoms with E-state index < -0.39 is 0 Å². The second-order valence-electron chi connectivity index (χ2n) is 5.78. The molecule has 2 aromatic rings. The second-order valence-corrected chi connectivity index (χ2v) is 5.78. The fourth-order valence-electron chi connectivity index (χ4n) is 3.31. The molecule has 1 N–H and O–H groups in total. The van der Waals surface area contributed by atoms with Crippen LogP contribution in [0.4, 0.5) is 0 Å². The summed E-state index contributed by atoms with van der Waals surface area (Å²) >= 11 is 0. The van der Waals surface area contributed by atoms with Crippen LogP contribution in [0.1, 0.15) is 17.2 Å². The van der Waals surface area contributed by atoms with Crippen LogP contribution in [0.2, 0.25) is 0 Å². The standard InChI is InChI=1S/C19H24N2O/c1-22-15-18-14-20-12-13-21(18)19(16-8-4-2-5-9-16)17-10-6-3-7-11-17/h2-11,18-20H,12-15H2,1H3/t18-/m1/s1. The van der Waals surface area contributed by atoms with Crippen LogP contribution in [0.25, 0.3) is 0 Å². The van der Waals surface area contributed by atoms with Gasteiger partial charge in [-0.3, -0.25) is 4.90 Å². The summed E-state index contributed by atoms with van der Waals surface area (Å²) in [6.07, 6.45) is 0. The van der Waals surface area contributed by atoms with Gasteiger partial charge in [0.15, 0.2) is 0 Å². The first-order chi connectivity index (χ1) is 10.9. The zero-order chi connectivity index (χ0) is 15.2. The smallest absolute Gasteiger partial charge is 0.0630 e. The fraction of sp³-hybridized carbons (Fsp3) is 0.368. The summed E-state index contributed by atoms with van der Waals surface area (Å²) < 4.78 is 5.45. The molecule has 116 valence electrons. The van der Waals surface area contributed by atoms with E-state index in [0.29, 0.717) is 6.04 Å². The molecule has 0 radical (unpaired) electrons. The molecule has 3 heteroatoms. The van der Waals surface area contributed by atoms with Crippen molar-refractivity contribution in [3.05, 3.63) is 71.8 Å². The van der Waals surface area contributed by atoms with Crippen LogP contribution in [-0.4, -0.2) is 44.3 Å². The topological polar surface area (TPSA) is 24.5 Å². The molecule has 1 aliphatic rings. The minimum absolute atomic E-state index is 0.282. The van der Waals surface area contributed by atoms with Crippen molar-refractivity contribution < 1.29 is 4.74 Å². The minimum atomic E-state index is 0.282. The van der Waals surface area contributed by atoms with Crippen molar-refractivity contribution in [3.63, 3.8) is 0 Å². The van der Waals surface area contributed by atoms with Crippen molar-refractivity contribution in [2.24, 2.45) is 0 Å². The number of piperazine rings is 1. The van der Waals surface area contributed by atoms with Gasteiger partial charge >= 0.3 is 0 Å². The highest BCUT2D eigenvalue weighted by molar-refractivity contribution is 5.32. The highest BCUT2D eigenvalue weighted by atomic mass is 16.5. The molecule has 0 aliphatic carbocycles. The van der Waals surface area contributed by atoms with Crippen LogP contribution >= 0.6 is 0 Å². The van der Waals surface area contributed by atoms with Gasteiger partial charge < -0.3 is 10.1 Å². The molecule has 3 rings (SSSR count). The van der Waals surface area contributed by atoms with Crippen LogP contribution in [-0.2, 0) is 4.74 Å². The molecular formula is C19H24N2O. The van der Waals surface area contributed by atoms with E-state index in [1.807, 2.05) is 0 Å². The van der Waals surface area contributed by atoms with Crippen molar-refractivity contribution in [2.75, 3.05) is 33.4 Å². The molecule has 0 unspecified atom stereocenters. The molecule has 1 atom stereocenters. The SMILES string of the molecule is COC[C@H]1CNCCN1C(c1ccccc1)c1ccccc1. The summed E-state index contributed by atoms with van der Waals surface area (Å²) in [7, 11) is 1.78. The molecule has 1 heterocycles. The second kappa shape index (κ2) is 7.54. The average Bonchev–Trinajstić information content (AvgIpc) is 2.59. The number of hydrogen-bond donors (Lipinski definition) is 1. The Morgan fingerprint density at radius 3 is 2.18 bits per heavy atom. The van der Waals surface area contributed by atoms with E-state index in [1.165, 1.54) is 11.1 Å². The fourth-order valence-corrected chi connectivity index (χ4v) is 3.31. The molecular weight excluding hydrogens is 272 g/mol. The molecule has 1 fully saturated rings. The third-order valence-electron chi connectivity index (χ3n) is 4.32. The molecule has 1 saturated heterocycles. The van der Waals surface area contributed by atoms with E-state index >= 15 is 0 Å². The van der Waals surface area contributed by atoms with Gasteiger partial charge in [-0.15, -0.1) is 0 Å². The number of nitrogens with zero attached hydrogens (tertiary/aromatic N) is 1. The predicted octanol–water partition coefficient (Wildman–Crippen LogP) is 2.70. The summed E-state index contributed by atoms with van der Waals surface area (Å²) in [4.78, 5) is 2.57. The third kappa shape index (κ3) is 3.38. The number of methoxy groups -OCH3 is 1. The van der Waals surface area contributed by atoms with Crippen molar-refractivity contribution >= 4 is 0 Å². The van der Waals surface area contributed by atoms with Crippen LogP contribution in [0.5, 0.6) is 0 Å². The Bertz CT molecular complexity index is 517. The Labute approximate surface area is 132 Å². The van der Waals surface area contributed by atoms with E-state index in [-0.39, 0.29) is 6.04 Å². The van der Waals surface area contributed by atoms with Gasteiger partial charge in [-0.1, -0.05) is 60.7 Å². The predicted molar refractivity (Wildman–Crippen MR) is 90.0 cm³/mol. The van der Waals surface area contributed by atoms with Crippen LogP contribution < -0.4 is 5.32 Å². The molecule has 0 spiro atoms. The first kappa shape index (κ1) is 15.2. The molecule has 22 heavy (non-hydrogen) atoms. The summed E-state index contributed by atoms with van der Waals surface area (Å²) in [6, 6.07) is 22.2. The van der Waals surface area contributed by atoms with Gasteiger partial charge in [-0.2, -0.15) is 0 Å². The van der Waals surface area contributed by atoms with Crippen molar-refractivity contribution in [2.45, 2.75) is 12.1 Å². The number of hydrogen-bond acceptors (Lipinski definition) is 3. The number of nitrogens with one attached hydrogen (secondary N) is 1. The number of ether oxygens (including phenoxy) is 1. The maximum absolute atomic E-state index is 5.45. The molecule has 0 aromatic heterocycles. The van der Waals surface area contributed by atoms with Gasteiger partial charge in [0.05, 0.1) is 12.6 Å². The average molecular weight is 296 g/mol. The number of benzene rings is 2. The third-order valence-corrected chi connectivity index (χ3v) is 4.32. The lowest BCUT2D eigenvalue weighted by Crippen LogP contribution is -2.54. The van der Waals surface area contributed by atoms with Gasteiger partial charge in [0.25, 0.3) is 0 Å². The summed E-state index contributed by atoms with van der Waals surface area (Å²) in [5.41, 5.74) is 2.69. The Kier molecular flexibility index (Phi) is 5.22. The lowest BCUT2D eigenvalue weighted by Gasteiger charge is -2.41. The highest BCUT2D eigenvalue weighted by Crippen LogP contribution is 2.30. The van der Waals surface area contributed by atoms with E-state index in [2.05, 4.69) is 70.9 Å². The van der Waals surface area contributed by atoms with Crippen molar-refractivity contribution in [1.82, 2.24) is 10.2 Å². The Morgan fingerprint density at radius 2 is 1.64 bits per heavy atom. The Hall–Kier alpha value is -1.68. The Morgan fingerprint density at radius 1 is 1.05 bits per heavy atom. The van der Waals surface area contributed by atoms with Crippen molar-refractivity contribution in [1.29, 1.82) is 0 Å². The number of rotatable bonds is 5. The van der Waals surface area contributed by atoms with Gasteiger partial charge in [0.1, 0.15) is 0 Å². The van der Waals surface area contributed by atoms with E-state index in [0.717, 1.165) is 26.2 Å².